The molecule has 0 spiro atoms. The van der Waals surface area contributed by atoms with E-state index in [1.807, 2.05) is 47.4 Å². The summed E-state index contributed by atoms with van der Waals surface area (Å²) < 4.78 is 11.6. The number of anilines is 1. The number of benzene rings is 2. The van der Waals surface area contributed by atoms with Crippen LogP contribution >= 0.6 is 0 Å². The predicted octanol–water partition coefficient (Wildman–Crippen LogP) is 3.22. The number of hydrogen-bond donors (Lipinski definition) is 0. The maximum absolute atomic E-state index is 13.1. The third kappa shape index (κ3) is 5.47. The number of Topliss-reactive ketones (excluding diaryl/α,β-unsaturated/α-hetero) is 1. The van der Waals surface area contributed by atoms with E-state index in [1.165, 1.54) is 0 Å². The average molecular weight is 452 g/mol. The van der Waals surface area contributed by atoms with Gasteiger partial charge in [-0.1, -0.05) is 6.92 Å². The van der Waals surface area contributed by atoms with E-state index in [9.17, 15) is 9.59 Å². The maximum atomic E-state index is 13.1. The highest BCUT2D eigenvalue weighted by Gasteiger charge is 2.27. The number of ketones is 1. The highest BCUT2D eigenvalue weighted by atomic mass is 16.5. The molecule has 1 saturated heterocycles. The zero-order valence-electron chi connectivity index (χ0n) is 19.8. The van der Waals surface area contributed by atoms with Gasteiger partial charge in [0.25, 0.3) is 0 Å². The Labute approximate surface area is 195 Å². The van der Waals surface area contributed by atoms with Crippen molar-refractivity contribution >= 4 is 17.4 Å². The second-order valence-electron chi connectivity index (χ2n) is 8.76. The summed E-state index contributed by atoms with van der Waals surface area (Å²) >= 11 is 0. The molecule has 2 aromatic carbocycles. The van der Waals surface area contributed by atoms with E-state index in [-0.39, 0.29) is 17.8 Å². The number of piperazine rings is 1. The molecule has 7 heteroatoms. The number of methoxy groups -OCH3 is 1. The van der Waals surface area contributed by atoms with Gasteiger partial charge in [0.05, 0.1) is 13.7 Å². The molecule has 33 heavy (non-hydrogen) atoms. The molecule has 0 aromatic heterocycles. The minimum Gasteiger partial charge on any atom is -0.497 e. The van der Waals surface area contributed by atoms with E-state index in [2.05, 4.69) is 16.7 Å². The SMILES string of the molecule is CCC1CN(CC(=O)N2CCN(c3ccc(C(C)=O)cc3)CC2)Cc2cc(OC)ccc2O1. The fourth-order valence-electron chi connectivity index (χ4n) is 4.48. The van der Waals surface area contributed by atoms with Gasteiger partial charge in [0.15, 0.2) is 5.78 Å². The van der Waals surface area contributed by atoms with Gasteiger partial charge >= 0.3 is 0 Å². The van der Waals surface area contributed by atoms with Crippen molar-refractivity contribution in [2.75, 3.05) is 51.3 Å². The van der Waals surface area contributed by atoms with E-state index in [4.69, 9.17) is 9.47 Å². The zero-order chi connectivity index (χ0) is 23.4. The third-order valence-corrected chi connectivity index (χ3v) is 6.50. The van der Waals surface area contributed by atoms with E-state index >= 15 is 0 Å². The van der Waals surface area contributed by atoms with Crippen LogP contribution in [0.15, 0.2) is 42.5 Å². The van der Waals surface area contributed by atoms with Crippen LogP contribution in [0.4, 0.5) is 5.69 Å². The van der Waals surface area contributed by atoms with Gasteiger partial charge in [-0.2, -0.15) is 0 Å². The first-order chi connectivity index (χ1) is 16.0. The van der Waals surface area contributed by atoms with Gasteiger partial charge in [0.2, 0.25) is 5.91 Å². The Morgan fingerprint density at radius 3 is 2.42 bits per heavy atom. The minimum atomic E-state index is 0.0577. The normalized spacial score (nSPS) is 18.8. The van der Waals surface area contributed by atoms with E-state index in [0.29, 0.717) is 26.2 Å². The summed E-state index contributed by atoms with van der Waals surface area (Å²) in [5.74, 6) is 1.90. The number of amides is 1. The van der Waals surface area contributed by atoms with Crippen LogP contribution in [-0.4, -0.2) is 74.0 Å². The Bertz CT molecular complexity index is 984. The first-order valence-electron chi connectivity index (χ1n) is 11.7. The Morgan fingerprint density at radius 2 is 1.79 bits per heavy atom. The molecule has 2 aliphatic rings. The van der Waals surface area contributed by atoms with Gasteiger partial charge in [-0.15, -0.1) is 0 Å². The van der Waals surface area contributed by atoms with E-state index in [1.54, 1.807) is 14.0 Å². The molecule has 2 aliphatic heterocycles. The Balaban J connectivity index is 1.36. The lowest BCUT2D eigenvalue weighted by Crippen LogP contribution is -2.51. The second kappa shape index (κ2) is 10.3. The van der Waals surface area contributed by atoms with Gasteiger partial charge in [-0.3, -0.25) is 14.5 Å². The first kappa shape index (κ1) is 23.1. The summed E-state index contributed by atoms with van der Waals surface area (Å²) in [5.41, 5.74) is 2.86. The summed E-state index contributed by atoms with van der Waals surface area (Å²) in [6.07, 6.45) is 0.944. The number of carbonyl (C=O) groups excluding carboxylic acids is 2. The molecule has 0 radical (unpaired) electrons. The standard InChI is InChI=1S/C26H33N3O4/c1-4-23-17-27(16-21-15-24(32-3)9-10-25(21)33-23)18-26(31)29-13-11-28(12-14-29)22-7-5-20(6-8-22)19(2)30/h5-10,15,23H,4,11-14,16-18H2,1-3H3. The number of ether oxygens (including phenoxy) is 2. The Morgan fingerprint density at radius 1 is 1.06 bits per heavy atom. The van der Waals surface area contributed by atoms with Crippen molar-refractivity contribution in [3.63, 3.8) is 0 Å². The predicted molar refractivity (Wildman–Crippen MR) is 128 cm³/mol. The largest absolute Gasteiger partial charge is 0.497 e. The summed E-state index contributed by atoms with van der Waals surface area (Å²) in [5, 5.41) is 0. The van der Waals surface area contributed by atoms with Crippen LogP contribution in [0.1, 0.15) is 36.2 Å². The molecule has 1 fully saturated rings. The molecule has 1 unspecified atom stereocenters. The highest BCUT2D eigenvalue weighted by molar-refractivity contribution is 5.94. The Kier molecular flexibility index (Phi) is 7.18. The van der Waals surface area contributed by atoms with Crippen LogP contribution in [-0.2, 0) is 11.3 Å². The van der Waals surface area contributed by atoms with E-state index < -0.39 is 0 Å². The lowest BCUT2D eigenvalue weighted by atomic mass is 10.1. The molecule has 2 aromatic rings. The topological polar surface area (TPSA) is 62.3 Å². The number of hydrogen-bond acceptors (Lipinski definition) is 6. The molecule has 1 atom stereocenters. The molecule has 7 nitrogen and oxygen atoms in total. The van der Waals surface area contributed by atoms with Crippen molar-refractivity contribution in [2.24, 2.45) is 0 Å². The summed E-state index contributed by atoms with van der Waals surface area (Å²) in [6, 6.07) is 13.6. The molecule has 1 amide bonds. The van der Waals surface area contributed by atoms with Crippen LogP contribution in [0.2, 0.25) is 0 Å². The molecule has 176 valence electrons. The molecule has 0 saturated carbocycles. The molecule has 0 bridgehead atoms. The quantitative estimate of drug-likeness (QED) is 0.629. The molecular formula is C26H33N3O4. The molecule has 0 aliphatic carbocycles. The van der Waals surface area contributed by atoms with Crippen LogP contribution in [0.5, 0.6) is 11.5 Å². The number of carbonyl (C=O) groups is 2. The van der Waals surface area contributed by atoms with Gasteiger partial charge in [0, 0.05) is 56.1 Å². The smallest absolute Gasteiger partial charge is 0.236 e. The van der Waals surface area contributed by atoms with Gasteiger partial charge in [-0.25, -0.2) is 0 Å². The minimum absolute atomic E-state index is 0.0577. The van der Waals surface area contributed by atoms with Crippen molar-refractivity contribution in [1.82, 2.24) is 9.80 Å². The molecule has 0 N–H and O–H groups in total. The lowest BCUT2D eigenvalue weighted by molar-refractivity contribution is -0.133. The van der Waals surface area contributed by atoms with Gasteiger partial charge < -0.3 is 19.3 Å². The van der Waals surface area contributed by atoms with Crippen LogP contribution < -0.4 is 14.4 Å². The zero-order valence-corrected chi connectivity index (χ0v) is 19.8. The van der Waals surface area contributed by atoms with Crippen LogP contribution in [0.25, 0.3) is 0 Å². The average Bonchev–Trinajstić information content (AvgIpc) is 3.02. The van der Waals surface area contributed by atoms with Crippen molar-refractivity contribution in [1.29, 1.82) is 0 Å². The highest BCUT2D eigenvalue weighted by Crippen LogP contribution is 2.29. The van der Waals surface area contributed by atoms with Gasteiger partial charge in [-0.05, 0) is 55.8 Å². The Hall–Kier alpha value is -3.06. The van der Waals surface area contributed by atoms with Crippen LogP contribution in [0.3, 0.4) is 0 Å². The fourth-order valence-corrected chi connectivity index (χ4v) is 4.48. The van der Waals surface area contributed by atoms with Gasteiger partial charge in [0.1, 0.15) is 17.6 Å². The number of rotatable bonds is 6. The van der Waals surface area contributed by atoms with Crippen molar-refractivity contribution in [3.05, 3.63) is 53.6 Å². The lowest BCUT2D eigenvalue weighted by Gasteiger charge is -2.37. The van der Waals surface area contributed by atoms with Crippen molar-refractivity contribution in [2.45, 2.75) is 32.9 Å². The monoisotopic (exact) mass is 451 g/mol. The summed E-state index contributed by atoms with van der Waals surface area (Å²) in [6.45, 7) is 8.41. The third-order valence-electron chi connectivity index (χ3n) is 6.50. The van der Waals surface area contributed by atoms with E-state index in [0.717, 1.165) is 54.4 Å². The first-order valence-corrected chi connectivity index (χ1v) is 11.7. The second-order valence-corrected chi connectivity index (χ2v) is 8.76. The molecular weight excluding hydrogens is 418 g/mol. The number of fused-ring (bicyclic) bond motifs is 1. The molecule has 2 heterocycles. The summed E-state index contributed by atoms with van der Waals surface area (Å²) in [4.78, 5) is 31.0. The fraction of sp³-hybridized carbons (Fsp3) is 0.462. The van der Waals surface area contributed by atoms with Crippen LogP contribution in [0, 0.1) is 0 Å². The summed E-state index contributed by atoms with van der Waals surface area (Å²) in [7, 11) is 1.66. The maximum Gasteiger partial charge on any atom is 0.236 e. The van der Waals surface area contributed by atoms with Crippen molar-refractivity contribution < 1.29 is 19.1 Å². The van der Waals surface area contributed by atoms with Crippen molar-refractivity contribution in [3.8, 4) is 11.5 Å². The number of nitrogens with zero attached hydrogens (tertiary/aromatic N) is 3. The molecule has 4 rings (SSSR count).